The summed E-state index contributed by atoms with van der Waals surface area (Å²) in [7, 11) is 0. The molecule has 5 heteroatoms. The summed E-state index contributed by atoms with van der Waals surface area (Å²) in [6, 6.07) is -0.632. The third kappa shape index (κ3) is 1.69. The maximum atomic E-state index is 9.25. The van der Waals surface area contributed by atoms with E-state index in [-0.39, 0.29) is 6.54 Å². The topological polar surface area (TPSA) is 102 Å². The fourth-order valence-corrected chi connectivity index (χ4v) is 0.995. The van der Waals surface area contributed by atoms with E-state index in [1.807, 2.05) is 0 Å². The van der Waals surface area contributed by atoms with Gasteiger partial charge in [0.2, 0.25) is 0 Å². The summed E-state index contributed by atoms with van der Waals surface area (Å²) in [6.45, 7) is 1.47. The minimum atomic E-state index is -0.986. The average Bonchev–Trinajstić information content (AvgIpc) is 2.01. The lowest BCUT2D eigenvalue weighted by Gasteiger charge is -2.34. The first-order valence-corrected chi connectivity index (χ1v) is 3.47. The van der Waals surface area contributed by atoms with Crippen LogP contribution >= 0.6 is 0 Å². The molecule has 4 atom stereocenters. The van der Waals surface area contributed by atoms with Crippen LogP contribution in [0, 0.1) is 6.61 Å². The third-order valence-corrected chi connectivity index (χ3v) is 1.77. The van der Waals surface area contributed by atoms with Crippen LogP contribution in [0.2, 0.25) is 0 Å². The molecule has 5 nitrogen and oxygen atoms in total. The highest BCUT2D eigenvalue weighted by molar-refractivity contribution is 4.94. The summed E-state index contributed by atoms with van der Waals surface area (Å²) in [5.41, 5.74) is 10.6. The molecule has 1 radical (unpaired) electrons. The van der Waals surface area contributed by atoms with Gasteiger partial charge in [-0.1, -0.05) is 0 Å². The van der Waals surface area contributed by atoms with E-state index in [1.54, 1.807) is 0 Å². The Kier molecular flexibility index (Phi) is 2.80. The zero-order valence-electron chi connectivity index (χ0n) is 6.05. The Morgan fingerprint density at radius 1 is 1.36 bits per heavy atom. The lowest BCUT2D eigenvalue weighted by atomic mass is 9.99. The van der Waals surface area contributed by atoms with Gasteiger partial charge in [-0.2, -0.15) is 0 Å². The van der Waals surface area contributed by atoms with Crippen molar-refractivity contribution in [2.24, 2.45) is 11.5 Å². The van der Waals surface area contributed by atoms with Crippen LogP contribution in [0.25, 0.3) is 0 Å². The smallest absolute Gasteiger partial charge is 0.109 e. The highest BCUT2D eigenvalue weighted by Crippen LogP contribution is 2.15. The molecular weight excluding hydrogens is 148 g/mol. The van der Waals surface area contributed by atoms with Crippen molar-refractivity contribution < 1.29 is 14.9 Å². The normalized spacial score (nSPS) is 45.8. The second-order valence-electron chi connectivity index (χ2n) is 2.60. The van der Waals surface area contributed by atoms with E-state index in [2.05, 4.69) is 0 Å². The number of rotatable bonds is 1. The van der Waals surface area contributed by atoms with Crippen LogP contribution < -0.4 is 11.5 Å². The molecule has 0 aromatic carbocycles. The first kappa shape index (κ1) is 8.89. The minimum Gasteiger partial charge on any atom is -0.389 e. The van der Waals surface area contributed by atoms with E-state index in [4.69, 9.17) is 16.2 Å². The standard InChI is InChI=1S/C6H13N2O3/c7-1-4-6(10)5(9)3(8)2-11-4/h2-6,9-10H,1,7-8H2/t3-,4+,5-,6-/m0/s1. The molecule has 1 saturated heterocycles. The summed E-state index contributed by atoms with van der Waals surface area (Å²) in [4.78, 5) is 0. The van der Waals surface area contributed by atoms with Crippen LogP contribution in [0.1, 0.15) is 0 Å². The number of hydrogen-bond acceptors (Lipinski definition) is 5. The Morgan fingerprint density at radius 3 is 2.55 bits per heavy atom. The van der Waals surface area contributed by atoms with Crippen molar-refractivity contribution in [2.75, 3.05) is 6.54 Å². The maximum absolute atomic E-state index is 9.25. The van der Waals surface area contributed by atoms with Crippen LogP contribution in [0.5, 0.6) is 0 Å². The van der Waals surface area contributed by atoms with Crippen LogP contribution in [-0.4, -0.2) is 41.1 Å². The molecule has 1 aliphatic rings. The molecule has 0 unspecified atom stereocenters. The fraction of sp³-hybridized carbons (Fsp3) is 0.833. The molecule has 0 aromatic rings. The first-order valence-electron chi connectivity index (χ1n) is 3.47. The van der Waals surface area contributed by atoms with Gasteiger partial charge in [-0.05, 0) is 0 Å². The van der Waals surface area contributed by atoms with Gasteiger partial charge in [-0.3, -0.25) is 0 Å². The summed E-state index contributed by atoms with van der Waals surface area (Å²) in [6.07, 6.45) is -2.50. The third-order valence-electron chi connectivity index (χ3n) is 1.77. The summed E-state index contributed by atoms with van der Waals surface area (Å²) in [5.74, 6) is 0. The Hall–Kier alpha value is -0.200. The molecule has 0 saturated carbocycles. The van der Waals surface area contributed by atoms with Gasteiger partial charge in [0.25, 0.3) is 0 Å². The van der Waals surface area contributed by atoms with E-state index in [0.717, 1.165) is 0 Å². The van der Waals surface area contributed by atoms with Gasteiger partial charge in [0.1, 0.15) is 18.8 Å². The molecular formula is C6H13N2O3. The molecule has 65 valence electrons. The van der Waals surface area contributed by atoms with Crippen LogP contribution in [0.3, 0.4) is 0 Å². The van der Waals surface area contributed by atoms with Crippen molar-refractivity contribution in [3.05, 3.63) is 6.61 Å². The second-order valence-corrected chi connectivity index (χ2v) is 2.60. The molecule has 0 spiro atoms. The van der Waals surface area contributed by atoms with Crippen LogP contribution in [0.15, 0.2) is 0 Å². The van der Waals surface area contributed by atoms with Gasteiger partial charge in [0.05, 0.1) is 12.1 Å². The van der Waals surface area contributed by atoms with Gasteiger partial charge in [-0.25, -0.2) is 0 Å². The Balaban J connectivity index is 2.52. The summed E-state index contributed by atoms with van der Waals surface area (Å²) in [5, 5.41) is 18.5. The van der Waals surface area contributed by atoms with Crippen LogP contribution in [-0.2, 0) is 4.74 Å². The maximum Gasteiger partial charge on any atom is 0.109 e. The number of ether oxygens (including phenoxy) is 1. The molecule has 1 fully saturated rings. The SMILES string of the molecule is NC[C@H]1O[CH][C@H](N)[C@H](O)[C@H]1O. The number of aliphatic hydroxyl groups excluding tert-OH is 2. The molecule has 1 aliphatic heterocycles. The van der Waals surface area contributed by atoms with E-state index >= 15 is 0 Å². The van der Waals surface area contributed by atoms with E-state index in [9.17, 15) is 10.2 Å². The summed E-state index contributed by atoms with van der Waals surface area (Å²) < 4.78 is 4.94. The highest BCUT2D eigenvalue weighted by Gasteiger charge is 2.35. The second kappa shape index (κ2) is 3.46. The monoisotopic (exact) mass is 161 g/mol. The zero-order chi connectivity index (χ0) is 8.43. The quantitative estimate of drug-likeness (QED) is 0.342. The predicted octanol–water partition coefficient (Wildman–Crippen LogP) is -2.45. The first-order chi connectivity index (χ1) is 5.16. The number of hydrogen-bond donors (Lipinski definition) is 4. The molecule has 1 heterocycles. The largest absolute Gasteiger partial charge is 0.389 e. The van der Waals surface area contributed by atoms with E-state index in [0.29, 0.717) is 0 Å². The Labute approximate surface area is 64.9 Å². The molecule has 0 aromatic heterocycles. The number of nitrogens with two attached hydrogens (primary N) is 2. The van der Waals surface area contributed by atoms with Crippen molar-refractivity contribution in [3.8, 4) is 0 Å². The lowest BCUT2D eigenvalue weighted by Crippen LogP contribution is -2.56. The van der Waals surface area contributed by atoms with Gasteiger partial charge in [0.15, 0.2) is 0 Å². The molecule has 0 bridgehead atoms. The molecule has 0 amide bonds. The predicted molar refractivity (Wildman–Crippen MR) is 38.2 cm³/mol. The van der Waals surface area contributed by atoms with Crippen molar-refractivity contribution in [1.82, 2.24) is 0 Å². The highest BCUT2D eigenvalue weighted by atomic mass is 16.5. The Morgan fingerprint density at radius 2 is 2.00 bits per heavy atom. The van der Waals surface area contributed by atoms with Crippen molar-refractivity contribution in [2.45, 2.75) is 24.4 Å². The Bertz CT molecular complexity index is 131. The van der Waals surface area contributed by atoms with Gasteiger partial charge < -0.3 is 26.4 Å². The van der Waals surface area contributed by atoms with E-state index < -0.39 is 24.4 Å². The van der Waals surface area contributed by atoms with Gasteiger partial charge in [0, 0.05) is 6.54 Å². The van der Waals surface area contributed by atoms with Crippen molar-refractivity contribution in [3.63, 3.8) is 0 Å². The minimum absolute atomic E-state index is 0.168. The molecule has 6 N–H and O–H groups in total. The lowest BCUT2D eigenvalue weighted by molar-refractivity contribution is -0.115. The van der Waals surface area contributed by atoms with Gasteiger partial charge >= 0.3 is 0 Å². The van der Waals surface area contributed by atoms with Crippen LogP contribution in [0.4, 0.5) is 0 Å². The molecule has 11 heavy (non-hydrogen) atoms. The van der Waals surface area contributed by atoms with Crippen molar-refractivity contribution >= 4 is 0 Å². The fourth-order valence-electron chi connectivity index (χ4n) is 0.995. The number of aliphatic hydroxyl groups is 2. The zero-order valence-corrected chi connectivity index (χ0v) is 6.05. The average molecular weight is 161 g/mol. The van der Waals surface area contributed by atoms with E-state index in [1.165, 1.54) is 6.61 Å². The molecule has 0 aliphatic carbocycles. The van der Waals surface area contributed by atoms with Gasteiger partial charge in [-0.15, -0.1) is 0 Å². The van der Waals surface area contributed by atoms with Crippen molar-refractivity contribution in [1.29, 1.82) is 0 Å². The summed E-state index contributed by atoms with van der Waals surface area (Å²) >= 11 is 0. The molecule has 1 rings (SSSR count).